The molecule has 21 heavy (non-hydrogen) atoms. The quantitative estimate of drug-likeness (QED) is 0.688. The predicted octanol–water partition coefficient (Wildman–Crippen LogP) is 2.29. The maximum Gasteiger partial charge on any atom is 0.182 e. The van der Waals surface area contributed by atoms with Crippen molar-refractivity contribution in [2.75, 3.05) is 11.9 Å². The molecule has 0 radical (unpaired) electrons. The first-order valence-corrected chi connectivity index (χ1v) is 6.53. The summed E-state index contributed by atoms with van der Waals surface area (Å²) in [6.07, 6.45) is 2.86. The molecular formula is C13H11ClFN5O. The van der Waals surface area contributed by atoms with Gasteiger partial charge in [-0.1, -0.05) is 17.7 Å². The van der Waals surface area contributed by atoms with Crippen molar-refractivity contribution < 1.29 is 9.50 Å². The van der Waals surface area contributed by atoms with E-state index < -0.39 is 11.9 Å². The summed E-state index contributed by atoms with van der Waals surface area (Å²) in [4.78, 5) is 15.0. The lowest BCUT2D eigenvalue weighted by Gasteiger charge is -2.17. The molecule has 0 aliphatic heterocycles. The fraction of sp³-hybridized carbons (Fsp3) is 0.154. The number of aliphatic hydroxyl groups excluding tert-OH is 1. The Hall–Kier alpha value is -2.25. The Morgan fingerprint density at radius 1 is 1.33 bits per heavy atom. The molecule has 0 aliphatic carbocycles. The minimum Gasteiger partial charge on any atom is -0.394 e. The number of H-pyrrole nitrogens is 1. The molecule has 1 aromatic carbocycles. The zero-order valence-corrected chi connectivity index (χ0v) is 11.5. The highest BCUT2D eigenvalue weighted by Gasteiger charge is 2.15. The van der Waals surface area contributed by atoms with Crippen LogP contribution >= 0.6 is 11.6 Å². The fourth-order valence-corrected chi connectivity index (χ4v) is 2.12. The number of nitrogens with one attached hydrogen (secondary N) is 2. The third-order valence-electron chi connectivity index (χ3n) is 3.06. The number of hydrogen-bond acceptors (Lipinski definition) is 5. The zero-order chi connectivity index (χ0) is 14.8. The number of benzene rings is 1. The lowest BCUT2D eigenvalue weighted by molar-refractivity contribution is 0.276. The summed E-state index contributed by atoms with van der Waals surface area (Å²) in [6, 6.07) is 3.84. The summed E-state index contributed by atoms with van der Waals surface area (Å²) in [5.74, 6) is -0.0595. The van der Waals surface area contributed by atoms with Gasteiger partial charge in [0.2, 0.25) is 0 Å². The zero-order valence-electron chi connectivity index (χ0n) is 10.7. The van der Waals surface area contributed by atoms with Crippen LogP contribution in [-0.4, -0.2) is 31.6 Å². The molecule has 2 aromatic heterocycles. The largest absolute Gasteiger partial charge is 0.394 e. The molecule has 0 unspecified atom stereocenters. The second-order valence-electron chi connectivity index (χ2n) is 4.38. The number of fused-ring (bicyclic) bond motifs is 1. The van der Waals surface area contributed by atoms with Crippen molar-refractivity contribution in [1.29, 1.82) is 0 Å². The van der Waals surface area contributed by atoms with Gasteiger partial charge in [0.05, 0.1) is 24.0 Å². The molecule has 8 heteroatoms. The van der Waals surface area contributed by atoms with E-state index in [-0.39, 0.29) is 11.6 Å². The molecule has 0 saturated carbocycles. The molecule has 6 nitrogen and oxygen atoms in total. The van der Waals surface area contributed by atoms with Gasteiger partial charge in [0.1, 0.15) is 17.7 Å². The topological polar surface area (TPSA) is 86.7 Å². The van der Waals surface area contributed by atoms with Crippen LogP contribution in [0, 0.1) is 5.82 Å². The Bertz CT molecular complexity index is 778. The van der Waals surface area contributed by atoms with Crippen LogP contribution < -0.4 is 5.32 Å². The molecule has 2 heterocycles. The molecule has 1 atom stereocenters. The van der Waals surface area contributed by atoms with Crippen molar-refractivity contribution in [3.8, 4) is 0 Å². The van der Waals surface area contributed by atoms with E-state index in [0.29, 0.717) is 22.5 Å². The van der Waals surface area contributed by atoms with Gasteiger partial charge in [0, 0.05) is 0 Å². The minimum absolute atomic E-state index is 0.0356. The fourth-order valence-electron chi connectivity index (χ4n) is 2.00. The third kappa shape index (κ3) is 2.65. The highest BCUT2D eigenvalue weighted by atomic mass is 35.5. The van der Waals surface area contributed by atoms with Crippen molar-refractivity contribution in [2.45, 2.75) is 6.04 Å². The van der Waals surface area contributed by atoms with Gasteiger partial charge in [-0.3, -0.25) is 0 Å². The van der Waals surface area contributed by atoms with Gasteiger partial charge in [0.15, 0.2) is 11.5 Å². The number of hydrogen-bond donors (Lipinski definition) is 3. The first-order chi connectivity index (χ1) is 10.2. The van der Waals surface area contributed by atoms with Gasteiger partial charge in [0.25, 0.3) is 0 Å². The molecule has 3 rings (SSSR count). The van der Waals surface area contributed by atoms with E-state index in [1.165, 1.54) is 24.8 Å². The molecule has 0 saturated heterocycles. The molecule has 0 amide bonds. The molecule has 0 spiro atoms. The second kappa shape index (κ2) is 5.63. The number of aromatic nitrogens is 4. The number of nitrogens with zero attached hydrogens (tertiary/aromatic N) is 3. The number of imidazole rings is 1. The van der Waals surface area contributed by atoms with Crippen molar-refractivity contribution in [2.24, 2.45) is 0 Å². The van der Waals surface area contributed by atoms with Crippen LogP contribution in [-0.2, 0) is 0 Å². The van der Waals surface area contributed by atoms with Crippen LogP contribution in [0.3, 0.4) is 0 Å². The Morgan fingerprint density at radius 2 is 2.19 bits per heavy atom. The van der Waals surface area contributed by atoms with E-state index in [1.54, 1.807) is 6.07 Å². The highest BCUT2D eigenvalue weighted by Crippen LogP contribution is 2.24. The van der Waals surface area contributed by atoms with Crippen LogP contribution in [0.25, 0.3) is 11.2 Å². The molecule has 3 aromatic rings. The third-order valence-corrected chi connectivity index (χ3v) is 3.37. The summed E-state index contributed by atoms with van der Waals surface area (Å²) in [5, 5.41) is 12.6. The lowest BCUT2D eigenvalue weighted by atomic mass is 10.1. The van der Waals surface area contributed by atoms with Gasteiger partial charge >= 0.3 is 0 Å². The molecule has 0 aliphatic rings. The van der Waals surface area contributed by atoms with E-state index in [1.807, 2.05) is 0 Å². The summed E-state index contributed by atoms with van der Waals surface area (Å²) in [5.41, 5.74) is 1.68. The number of halogens is 2. The lowest BCUT2D eigenvalue weighted by Crippen LogP contribution is -2.16. The molecule has 0 bridgehead atoms. The summed E-state index contributed by atoms with van der Waals surface area (Å²) in [7, 11) is 0. The standard InChI is InChI=1S/C13H11ClFN5O/c14-8-2-1-7(3-9(8)15)10(4-21)20-13-11-12(17-5-16-11)18-6-19-13/h1-3,5-6,10,21H,4H2,(H2,16,17,18,19,20)/t10-/m0/s1. The van der Waals surface area contributed by atoms with E-state index in [2.05, 4.69) is 25.3 Å². The predicted molar refractivity (Wildman–Crippen MR) is 76.5 cm³/mol. The van der Waals surface area contributed by atoms with Crippen LogP contribution in [0.2, 0.25) is 5.02 Å². The Morgan fingerprint density at radius 3 is 2.95 bits per heavy atom. The summed E-state index contributed by atoms with van der Waals surface area (Å²) < 4.78 is 13.5. The van der Waals surface area contributed by atoms with Crippen LogP contribution in [0.5, 0.6) is 0 Å². The van der Waals surface area contributed by atoms with Crippen molar-refractivity contribution in [1.82, 2.24) is 19.9 Å². The van der Waals surface area contributed by atoms with Gasteiger partial charge < -0.3 is 15.4 Å². The second-order valence-corrected chi connectivity index (χ2v) is 4.78. The molecule has 0 fully saturated rings. The van der Waals surface area contributed by atoms with E-state index in [0.717, 1.165) is 0 Å². The van der Waals surface area contributed by atoms with E-state index >= 15 is 0 Å². The number of aliphatic hydroxyl groups is 1. The van der Waals surface area contributed by atoms with Gasteiger partial charge in [-0.2, -0.15) is 0 Å². The molecular weight excluding hydrogens is 297 g/mol. The maximum absolute atomic E-state index is 13.5. The van der Waals surface area contributed by atoms with Crippen molar-refractivity contribution >= 4 is 28.6 Å². The SMILES string of the molecule is OC[C@H](Nc1ncnc2nc[nH]c12)c1ccc(Cl)c(F)c1. The maximum atomic E-state index is 13.5. The Labute approximate surface area is 124 Å². The van der Waals surface area contributed by atoms with E-state index in [9.17, 15) is 9.50 Å². The Kier molecular flexibility index (Phi) is 3.68. The molecule has 108 valence electrons. The smallest absolute Gasteiger partial charge is 0.182 e. The van der Waals surface area contributed by atoms with Crippen LogP contribution in [0.4, 0.5) is 10.2 Å². The number of aromatic amines is 1. The normalized spacial score (nSPS) is 12.5. The monoisotopic (exact) mass is 307 g/mol. The number of anilines is 1. The average Bonchev–Trinajstić information content (AvgIpc) is 2.97. The highest BCUT2D eigenvalue weighted by molar-refractivity contribution is 6.30. The number of rotatable bonds is 4. The molecule has 3 N–H and O–H groups in total. The average molecular weight is 308 g/mol. The van der Waals surface area contributed by atoms with Crippen LogP contribution in [0.15, 0.2) is 30.9 Å². The summed E-state index contributed by atoms with van der Waals surface area (Å²) >= 11 is 5.66. The van der Waals surface area contributed by atoms with Crippen molar-refractivity contribution in [3.05, 3.63) is 47.3 Å². The van der Waals surface area contributed by atoms with Gasteiger partial charge in [-0.05, 0) is 17.7 Å². The van der Waals surface area contributed by atoms with Crippen molar-refractivity contribution in [3.63, 3.8) is 0 Å². The first-order valence-electron chi connectivity index (χ1n) is 6.15. The van der Waals surface area contributed by atoms with Gasteiger partial charge in [-0.25, -0.2) is 19.3 Å². The summed E-state index contributed by atoms with van der Waals surface area (Å²) in [6.45, 7) is -0.235. The van der Waals surface area contributed by atoms with E-state index in [4.69, 9.17) is 11.6 Å². The van der Waals surface area contributed by atoms with Crippen LogP contribution in [0.1, 0.15) is 11.6 Å². The first kappa shape index (κ1) is 13.7. The minimum atomic E-state index is -0.538. The van der Waals surface area contributed by atoms with Gasteiger partial charge in [-0.15, -0.1) is 0 Å². The Balaban J connectivity index is 1.93.